The highest BCUT2D eigenvalue weighted by atomic mass is 32.1. The smallest absolute Gasteiger partial charge is 0.126 e. The number of hydrogen-bond donors (Lipinski definition) is 1. The molecule has 27 heavy (non-hydrogen) atoms. The highest BCUT2D eigenvalue weighted by Gasteiger charge is 2.15. The van der Waals surface area contributed by atoms with Crippen molar-refractivity contribution in [2.45, 2.75) is 20.1 Å². The van der Waals surface area contributed by atoms with Gasteiger partial charge in [0.2, 0.25) is 0 Å². The van der Waals surface area contributed by atoms with Crippen LogP contribution < -0.4 is 4.74 Å². The van der Waals surface area contributed by atoms with Crippen molar-refractivity contribution < 1.29 is 14.6 Å². The number of hydrogen-bond acceptors (Lipinski definition) is 7. The van der Waals surface area contributed by atoms with Crippen LogP contribution in [0.4, 0.5) is 0 Å². The lowest BCUT2D eigenvalue weighted by Crippen LogP contribution is -1.96. The van der Waals surface area contributed by atoms with Crippen LogP contribution in [0.3, 0.4) is 0 Å². The predicted octanol–water partition coefficient (Wildman–Crippen LogP) is 3.86. The van der Waals surface area contributed by atoms with Gasteiger partial charge in [-0.05, 0) is 36.8 Å². The fourth-order valence-electron chi connectivity index (χ4n) is 3.11. The van der Waals surface area contributed by atoms with Crippen molar-refractivity contribution in [3.05, 3.63) is 47.3 Å². The summed E-state index contributed by atoms with van der Waals surface area (Å²) in [6.45, 7) is 2.37. The molecule has 0 aliphatic rings. The van der Waals surface area contributed by atoms with Gasteiger partial charge in [-0.3, -0.25) is 4.98 Å². The monoisotopic (exact) mass is 381 g/mol. The maximum Gasteiger partial charge on any atom is 0.126 e. The van der Waals surface area contributed by atoms with Gasteiger partial charge in [0.1, 0.15) is 10.8 Å². The number of thiazole rings is 1. The van der Waals surface area contributed by atoms with Gasteiger partial charge in [-0.15, -0.1) is 11.3 Å². The lowest BCUT2D eigenvalue weighted by Gasteiger charge is -2.06. The third-order valence-electron chi connectivity index (χ3n) is 4.32. The van der Waals surface area contributed by atoms with Crippen molar-refractivity contribution >= 4 is 32.6 Å². The van der Waals surface area contributed by atoms with Gasteiger partial charge < -0.3 is 14.6 Å². The van der Waals surface area contributed by atoms with Gasteiger partial charge in [-0.25, -0.2) is 9.97 Å². The summed E-state index contributed by atoms with van der Waals surface area (Å²) in [7, 11) is 3.24. The molecule has 0 spiro atoms. The van der Waals surface area contributed by atoms with Crippen LogP contribution in [0.1, 0.15) is 16.8 Å². The maximum atomic E-state index is 9.55. The minimum Gasteiger partial charge on any atom is -0.496 e. The summed E-state index contributed by atoms with van der Waals surface area (Å²) in [5.41, 5.74) is 6.03. The van der Waals surface area contributed by atoms with Crippen LogP contribution in [0, 0.1) is 6.92 Å². The van der Waals surface area contributed by atoms with E-state index in [2.05, 4.69) is 16.0 Å². The average molecular weight is 381 g/mol. The molecule has 2 aromatic heterocycles. The SMILES string of the molecule is COCc1cnc2c(-c3nc4cc(CO)c(OC)cc4s3)cc(C)cc2n1. The Balaban J connectivity index is 1.90. The second-order valence-corrected chi connectivity index (χ2v) is 7.31. The van der Waals surface area contributed by atoms with E-state index >= 15 is 0 Å². The standard InChI is InChI=1S/C20H19N3O3S/c1-11-4-14(19-16(5-11)22-13(8-21-19)10-25-2)20-23-15-6-12(9-24)17(26-3)7-18(15)27-20/h4-8,24H,9-10H2,1-3H3. The normalized spacial score (nSPS) is 11.4. The number of aliphatic hydroxyl groups excluding tert-OH is 1. The molecule has 1 N–H and O–H groups in total. The van der Waals surface area contributed by atoms with E-state index in [0.29, 0.717) is 12.4 Å². The van der Waals surface area contributed by atoms with E-state index in [9.17, 15) is 5.11 Å². The van der Waals surface area contributed by atoms with Crippen LogP contribution in [-0.2, 0) is 18.0 Å². The first-order valence-corrected chi connectivity index (χ1v) is 9.28. The molecule has 7 heteroatoms. The first-order valence-electron chi connectivity index (χ1n) is 8.47. The van der Waals surface area contributed by atoms with Gasteiger partial charge in [-0.1, -0.05) is 0 Å². The maximum absolute atomic E-state index is 9.55. The van der Waals surface area contributed by atoms with Gasteiger partial charge in [0.25, 0.3) is 0 Å². The Morgan fingerprint density at radius 1 is 1.07 bits per heavy atom. The molecule has 0 fully saturated rings. The number of aryl methyl sites for hydroxylation is 1. The Morgan fingerprint density at radius 2 is 1.93 bits per heavy atom. The Hall–Kier alpha value is -2.61. The van der Waals surface area contributed by atoms with Crippen LogP contribution in [0.2, 0.25) is 0 Å². The first-order chi connectivity index (χ1) is 13.1. The van der Waals surface area contributed by atoms with Crippen LogP contribution in [0.25, 0.3) is 31.8 Å². The molecule has 0 aliphatic carbocycles. The second kappa shape index (κ2) is 7.19. The topological polar surface area (TPSA) is 77.4 Å². The van der Waals surface area contributed by atoms with Gasteiger partial charge in [0.15, 0.2) is 0 Å². The minimum atomic E-state index is -0.0902. The Kier molecular flexibility index (Phi) is 4.73. The highest BCUT2D eigenvalue weighted by Crippen LogP contribution is 2.37. The molecule has 0 saturated carbocycles. The second-order valence-electron chi connectivity index (χ2n) is 6.28. The van der Waals surface area contributed by atoms with Crippen molar-refractivity contribution in [2.75, 3.05) is 14.2 Å². The summed E-state index contributed by atoms with van der Waals surface area (Å²) >= 11 is 1.57. The molecule has 0 bridgehead atoms. The predicted molar refractivity (Wildman–Crippen MR) is 106 cm³/mol. The average Bonchev–Trinajstić information content (AvgIpc) is 3.08. The van der Waals surface area contributed by atoms with E-state index in [0.717, 1.165) is 48.6 Å². The molecule has 0 saturated heterocycles. The molecule has 0 amide bonds. The lowest BCUT2D eigenvalue weighted by atomic mass is 10.1. The number of aromatic nitrogens is 3. The summed E-state index contributed by atoms with van der Waals surface area (Å²) in [5, 5.41) is 10.4. The summed E-state index contributed by atoms with van der Waals surface area (Å²) < 4.78 is 11.5. The van der Waals surface area contributed by atoms with Crippen LogP contribution in [0.5, 0.6) is 5.75 Å². The van der Waals surface area contributed by atoms with E-state index in [1.807, 2.05) is 25.1 Å². The largest absolute Gasteiger partial charge is 0.496 e. The zero-order chi connectivity index (χ0) is 19.0. The summed E-state index contributed by atoms with van der Waals surface area (Å²) in [6, 6.07) is 7.89. The van der Waals surface area contributed by atoms with Crippen LogP contribution in [-0.4, -0.2) is 34.3 Å². The Labute approximate surface area is 160 Å². The van der Waals surface area contributed by atoms with Crippen molar-refractivity contribution in [1.29, 1.82) is 0 Å². The lowest BCUT2D eigenvalue weighted by molar-refractivity contribution is 0.181. The van der Waals surface area contributed by atoms with Crippen molar-refractivity contribution in [1.82, 2.24) is 15.0 Å². The van der Waals surface area contributed by atoms with Crippen molar-refractivity contribution in [3.8, 4) is 16.3 Å². The molecule has 0 unspecified atom stereocenters. The Morgan fingerprint density at radius 3 is 2.67 bits per heavy atom. The molecular formula is C20H19N3O3S. The fraction of sp³-hybridized carbons (Fsp3) is 0.250. The van der Waals surface area contributed by atoms with Crippen molar-refractivity contribution in [3.63, 3.8) is 0 Å². The highest BCUT2D eigenvalue weighted by molar-refractivity contribution is 7.21. The fourth-order valence-corrected chi connectivity index (χ4v) is 4.10. The van der Waals surface area contributed by atoms with E-state index in [1.165, 1.54) is 0 Å². The number of benzene rings is 2. The van der Waals surface area contributed by atoms with Gasteiger partial charge >= 0.3 is 0 Å². The number of rotatable bonds is 5. The van der Waals surface area contributed by atoms with E-state index in [4.69, 9.17) is 14.5 Å². The molecular weight excluding hydrogens is 362 g/mol. The molecule has 6 nitrogen and oxygen atoms in total. The molecule has 2 heterocycles. The molecule has 0 atom stereocenters. The van der Waals surface area contributed by atoms with E-state index < -0.39 is 0 Å². The molecule has 4 rings (SSSR count). The molecule has 2 aromatic carbocycles. The molecule has 138 valence electrons. The Bertz CT molecular complexity index is 1100. The third-order valence-corrected chi connectivity index (χ3v) is 5.38. The summed E-state index contributed by atoms with van der Waals surface area (Å²) in [4.78, 5) is 14.0. The van der Waals surface area contributed by atoms with Crippen LogP contribution >= 0.6 is 11.3 Å². The van der Waals surface area contributed by atoms with Crippen molar-refractivity contribution in [2.24, 2.45) is 0 Å². The quantitative estimate of drug-likeness (QED) is 0.566. The number of fused-ring (bicyclic) bond motifs is 2. The summed E-state index contributed by atoms with van der Waals surface area (Å²) in [6.07, 6.45) is 1.74. The first kappa shape index (κ1) is 17.8. The van der Waals surface area contributed by atoms with Gasteiger partial charge in [-0.2, -0.15) is 0 Å². The minimum absolute atomic E-state index is 0.0902. The van der Waals surface area contributed by atoms with E-state index in [1.54, 1.807) is 31.8 Å². The number of nitrogens with zero attached hydrogens (tertiary/aromatic N) is 3. The third kappa shape index (κ3) is 3.25. The number of ether oxygens (including phenoxy) is 2. The zero-order valence-corrected chi connectivity index (χ0v) is 16.1. The zero-order valence-electron chi connectivity index (χ0n) is 15.3. The van der Waals surface area contributed by atoms with Gasteiger partial charge in [0, 0.05) is 18.2 Å². The number of aliphatic hydroxyl groups is 1. The molecule has 4 aromatic rings. The molecule has 0 aliphatic heterocycles. The number of methoxy groups -OCH3 is 2. The van der Waals surface area contributed by atoms with Gasteiger partial charge in [0.05, 0.1) is 53.5 Å². The molecule has 0 radical (unpaired) electrons. The van der Waals surface area contributed by atoms with E-state index in [-0.39, 0.29) is 6.61 Å². The van der Waals surface area contributed by atoms with Crippen LogP contribution in [0.15, 0.2) is 30.5 Å². The summed E-state index contributed by atoms with van der Waals surface area (Å²) in [5.74, 6) is 0.665.